The molecule has 9 heteroatoms. The molecule has 0 aliphatic carbocycles. The molecule has 0 saturated heterocycles. The van der Waals surface area contributed by atoms with Gasteiger partial charge >= 0.3 is 0 Å². The number of ether oxygens (including phenoxy) is 3. The van der Waals surface area contributed by atoms with E-state index >= 15 is 0 Å². The Hall–Kier alpha value is -3.16. The Morgan fingerprint density at radius 1 is 0.971 bits per heavy atom. The minimum absolute atomic E-state index is 0.173. The first-order chi connectivity index (χ1) is 16.5. The fraction of sp³-hybridized carbons (Fsp3) is 0.280. The van der Waals surface area contributed by atoms with Crippen molar-refractivity contribution in [3.05, 3.63) is 70.4 Å². The molecule has 0 saturated carbocycles. The van der Waals surface area contributed by atoms with Gasteiger partial charge in [0.1, 0.15) is 40.7 Å². The Labute approximate surface area is 209 Å². The maximum absolute atomic E-state index is 6.07. The number of rotatable bonds is 12. The van der Waals surface area contributed by atoms with Crippen molar-refractivity contribution in [1.29, 1.82) is 0 Å². The molecule has 0 radical (unpaired) electrons. The van der Waals surface area contributed by atoms with Crippen LogP contribution in [0.25, 0.3) is 0 Å². The molecule has 0 aliphatic heterocycles. The molecule has 2 aromatic carbocycles. The summed E-state index contributed by atoms with van der Waals surface area (Å²) in [6, 6.07) is 14.6. The van der Waals surface area contributed by atoms with E-state index in [1.165, 1.54) is 0 Å². The van der Waals surface area contributed by atoms with Crippen LogP contribution in [0.5, 0.6) is 28.9 Å². The van der Waals surface area contributed by atoms with E-state index < -0.39 is 0 Å². The van der Waals surface area contributed by atoms with Crippen molar-refractivity contribution >= 4 is 29.4 Å². The van der Waals surface area contributed by atoms with Crippen molar-refractivity contribution in [2.45, 2.75) is 26.7 Å². The van der Waals surface area contributed by atoms with E-state index in [1.807, 2.05) is 62.5 Å². The van der Waals surface area contributed by atoms with Crippen molar-refractivity contribution in [3.8, 4) is 28.9 Å². The van der Waals surface area contributed by atoms with Crippen LogP contribution in [0.15, 0.2) is 64.3 Å². The van der Waals surface area contributed by atoms with Crippen LogP contribution >= 0.6 is 23.2 Å². The van der Waals surface area contributed by atoms with E-state index in [1.54, 1.807) is 17.0 Å². The van der Waals surface area contributed by atoms with Crippen molar-refractivity contribution < 1.29 is 19.0 Å². The van der Waals surface area contributed by atoms with E-state index in [-0.39, 0.29) is 4.49 Å². The lowest BCUT2D eigenvalue weighted by molar-refractivity contribution is 0.142. The van der Waals surface area contributed by atoms with Gasteiger partial charge in [-0.2, -0.15) is 5.10 Å². The lowest BCUT2D eigenvalue weighted by Crippen LogP contribution is -1.97. The van der Waals surface area contributed by atoms with Gasteiger partial charge in [-0.3, -0.25) is 0 Å². The predicted octanol–water partition coefficient (Wildman–Crippen LogP) is 7.16. The molecule has 0 spiro atoms. The topological polar surface area (TPSA) is 67.1 Å². The molecular weight excluding hydrogens is 477 g/mol. The molecule has 180 valence electrons. The molecule has 3 rings (SSSR count). The van der Waals surface area contributed by atoms with Gasteiger partial charge in [0.15, 0.2) is 0 Å². The van der Waals surface area contributed by atoms with E-state index in [9.17, 15) is 0 Å². The van der Waals surface area contributed by atoms with Gasteiger partial charge in [0.25, 0.3) is 0 Å². The Morgan fingerprint density at radius 3 is 2.15 bits per heavy atom. The van der Waals surface area contributed by atoms with Gasteiger partial charge in [0.05, 0.1) is 17.5 Å². The van der Waals surface area contributed by atoms with Gasteiger partial charge in [-0.15, -0.1) is 0 Å². The fourth-order valence-corrected chi connectivity index (χ4v) is 3.03. The minimum atomic E-state index is 0.173. The van der Waals surface area contributed by atoms with Crippen LogP contribution in [-0.4, -0.2) is 29.2 Å². The van der Waals surface area contributed by atoms with Crippen molar-refractivity contribution in [1.82, 2.24) is 9.78 Å². The van der Waals surface area contributed by atoms with Crippen LogP contribution in [0.3, 0.4) is 0 Å². The van der Waals surface area contributed by atoms with Gasteiger partial charge in [-0.05, 0) is 68.0 Å². The summed E-state index contributed by atoms with van der Waals surface area (Å²) in [6.07, 6.45) is 5.22. The highest BCUT2D eigenvalue weighted by Gasteiger charge is 2.14. The first-order valence-corrected chi connectivity index (χ1v) is 11.6. The van der Waals surface area contributed by atoms with E-state index in [4.69, 9.17) is 42.3 Å². The standard InChI is InChI=1S/C25H27Cl2N3O4/c1-4-5-15-32-28-17-23-18(2)29-30(3)25(23)34-22-12-10-21(11-13-22)33-20-8-6-19(7-9-20)31-16-14-24(26)27/h6-14,17H,4-5,15-16H2,1-3H3/b28-17-. The van der Waals surface area contributed by atoms with Crippen molar-refractivity contribution in [2.75, 3.05) is 13.2 Å². The number of oxime groups is 1. The molecule has 0 aliphatic rings. The van der Waals surface area contributed by atoms with E-state index in [0.717, 1.165) is 24.1 Å². The highest BCUT2D eigenvalue weighted by molar-refractivity contribution is 6.55. The molecule has 0 unspecified atom stereocenters. The van der Waals surface area contributed by atoms with Crippen molar-refractivity contribution in [2.24, 2.45) is 12.2 Å². The monoisotopic (exact) mass is 503 g/mol. The van der Waals surface area contributed by atoms with E-state index in [0.29, 0.717) is 42.1 Å². The molecule has 0 fully saturated rings. The molecule has 1 heterocycles. The Morgan fingerprint density at radius 2 is 1.56 bits per heavy atom. The fourth-order valence-electron chi connectivity index (χ4n) is 2.90. The number of halogens is 2. The summed E-state index contributed by atoms with van der Waals surface area (Å²) in [6.45, 7) is 4.88. The van der Waals surface area contributed by atoms with Crippen LogP contribution in [0.2, 0.25) is 0 Å². The summed E-state index contributed by atoms with van der Waals surface area (Å²) in [5.41, 5.74) is 1.57. The Kier molecular flexibility index (Phi) is 9.67. The molecule has 0 bridgehead atoms. The highest BCUT2D eigenvalue weighted by atomic mass is 35.5. The molecule has 3 aromatic rings. The lowest BCUT2D eigenvalue weighted by Gasteiger charge is -2.10. The smallest absolute Gasteiger partial charge is 0.226 e. The van der Waals surface area contributed by atoms with Gasteiger partial charge < -0.3 is 19.0 Å². The molecule has 1 aromatic heterocycles. The number of aryl methyl sites for hydroxylation is 2. The third-order valence-corrected chi connectivity index (χ3v) is 4.95. The number of nitrogens with zero attached hydrogens (tertiary/aromatic N) is 3. The van der Waals surface area contributed by atoms with Gasteiger partial charge in [-0.25, -0.2) is 4.68 Å². The maximum Gasteiger partial charge on any atom is 0.226 e. The first-order valence-electron chi connectivity index (χ1n) is 10.8. The molecule has 7 nitrogen and oxygen atoms in total. The highest BCUT2D eigenvalue weighted by Crippen LogP contribution is 2.29. The third-order valence-electron chi connectivity index (χ3n) is 4.64. The summed E-state index contributed by atoms with van der Waals surface area (Å²) in [7, 11) is 1.82. The number of benzene rings is 2. The Bertz CT molecular complexity index is 1110. The van der Waals surface area contributed by atoms with Crippen LogP contribution in [0.4, 0.5) is 0 Å². The normalized spacial score (nSPS) is 10.9. The molecular formula is C25H27Cl2N3O4. The quantitative estimate of drug-likeness (QED) is 0.149. The molecule has 0 atom stereocenters. The number of hydrogen-bond acceptors (Lipinski definition) is 6. The predicted molar refractivity (Wildman–Crippen MR) is 135 cm³/mol. The van der Waals surface area contributed by atoms with Crippen molar-refractivity contribution in [3.63, 3.8) is 0 Å². The van der Waals surface area contributed by atoms with Crippen LogP contribution < -0.4 is 14.2 Å². The zero-order valence-electron chi connectivity index (χ0n) is 19.3. The summed E-state index contributed by atoms with van der Waals surface area (Å²) >= 11 is 11.1. The van der Waals surface area contributed by atoms with Crippen LogP contribution in [0, 0.1) is 6.92 Å². The minimum Gasteiger partial charge on any atom is -0.489 e. The van der Waals surface area contributed by atoms with Gasteiger partial charge in [-0.1, -0.05) is 41.7 Å². The van der Waals surface area contributed by atoms with Gasteiger partial charge in [0.2, 0.25) is 5.88 Å². The maximum atomic E-state index is 6.07. The largest absolute Gasteiger partial charge is 0.489 e. The third kappa shape index (κ3) is 7.71. The molecule has 34 heavy (non-hydrogen) atoms. The summed E-state index contributed by atoms with van der Waals surface area (Å²) in [5, 5.41) is 8.47. The van der Waals surface area contributed by atoms with Crippen LogP contribution in [-0.2, 0) is 11.9 Å². The zero-order chi connectivity index (χ0) is 24.3. The second-order valence-corrected chi connectivity index (χ2v) is 8.31. The average molecular weight is 504 g/mol. The SMILES string of the molecule is CCCCO/N=C\c1c(C)nn(C)c1Oc1ccc(Oc2ccc(OCC=C(Cl)Cl)cc2)cc1. The summed E-state index contributed by atoms with van der Waals surface area (Å²) in [4.78, 5) is 5.30. The lowest BCUT2D eigenvalue weighted by atomic mass is 10.2. The number of unbranched alkanes of at least 4 members (excludes halogenated alkanes) is 1. The Balaban J connectivity index is 1.60. The zero-order valence-corrected chi connectivity index (χ0v) is 20.8. The second-order valence-electron chi connectivity index (χ2n) is 7.30. The molecule has 0 amide bonds. The van der Waals surface area contributed by atoms with E-state index in [2.05, 4.69) is 17.2 Å². The second kappa shape index (κ2) is 12.9. The average Bonchev–Trinajstić information content (AvgIpc) is 3.08. The first kappa shape index (κ1) is 25.5. The number of hydrogen-bond donors (Lipinski definition) is 0. The summed E-state index contributed by atoms with van der Waals surface area (Å²) in [5.74, 6) is 3.26. The summed E-state index contributed by atoms with van der Waals surface area (Å²) < 4.78 is 19.3. The number of aromatic nitrogens is 2. The van der Waals surface area contributed by atoms with Gasteiger partial charge in [0, 0.05) is 7.05 Å². The molecule has 0 N–H and O–H groups in total. The van der Waals surface area contributed by atoms with Crippen LogP contribution in [0.1, 0.15) is 31.0 Å².